The quantitative estimate of drug-likeness (QED) is 0.660. The van der Waals surface area contributed by atoms with Crippen molar-refractivity contribution in [3.05, 3.63) is 35.1 Å². The normalized spacial score (nSPS) is 13.4. The number of halogens is 1. The Balaban J connectivity index is 2.76. The van der Waals surface area contributed by atoms with Gasteiger partial charge in [0.15, 0.2) is 0 Å². The fourth-order valence-corrected chi connectivity index (χ4v) is 1.44. The van der Waals surface area contributed by atoms with Gasteiger partial charge in [-0.1, -0.05) is 6.07 Å². The second-order valence-electron chi connectivity index (χ2n) is 3.44. The first kappa shape index (κ1) is 10.8. The van der Waals surface area contributed by atoms with Crippen molar-refractivity contribution in [2.45, 2.75) is 26.3 Å². The van der Waals surface area contributed by atoms with Crippen LogP contribution in [0, 0.1) is 12.7 Å². The lowest BCUT2D eigenvalue weighted by Crippen LogP contribution is -2.03. The number of rotatable bonds is 3. The smallest absolute Gasteiger partial charge is 0.123 e. The molecular weight excluding hydrogens is 179 g/mol. The highest BCUT2D eigenvalue weighted by Gasteiger charge is 2.04. The Morgan fingerprint density at radius 1 is 1.43 bits per heavy atom. The monoisotopic (exact) mass is 194 g/mol. The lowest BCUT2D eigenvalue weighted by atomic mass is 10.0. The van der Waals surface area contributed by atoms with Gasteiger partial charge in [0, 0.05) is 7.05 Å². The summed E-state index contributed by atoms with van der Waals surface area (Å²) in [6.07, 6.45) is 0.809. The first-order valence-electron chi connectivity index (χ1n) is 4.67. The highest BCUT2D eigenvalue weighted by Crippen LogP contribution is 2.13. The molecule has 3 heteroatoms. The van der Waals surface area contributed by atoms with E-state index in [0.29, 0.717) is 0 Å². The summed E-state index contributed by atoms with van der Waals surface area (Å²) < 4.78 is 12.8. The van der Waals surface area contributed by atoms with Gasteiger partial charge in [0.2, 0.25) is 0 Å². The van der Waals surface area contributed by atoms with Crippen LogP contribution in [0.5, 0.6) is 0 Å². The SMILES string of the molecule is CN=NC(C)Cc1ccc(F)cc1C. The van der Waals surface area contributed by atoms with Gasteiger partial charge in [-0.05, 0) is 43.5 Å². The van der Waals surface area contributed by atoms with Crippen molar-refractivity contribution in [2.75, 3.05) is 7.05 Å². The molecule has 0 aliphatic rings. The predicted octanol–water partition coefficient (Wildman–Crippen LogP) is 3.15. The van der Waals surface area contributed by atoms with Crippen molar-refractivity contribution in [3.63, 3.8) is 0 Å². The van der Waals surface area contributed by atoms with Gasteiger partial charge in [-0.25, -0.2) is 4.39 Å². The molecule has 0 aromatic heterocycles. The molecular formula is C11H15FN2. The minimum atomic E-state index is -0.184. The second-order valence-corrected chi connectivity index (χ2v) is 3.44. The van der Waals surface area contributed by atoms with Gasteiger partial charge in [-0.15, -0.1) is 0 Å². The summed E-state index contributed by atoms with van der Waals surface area (Å²) >= 11 is 0. The number of hydrogen-bond donors (Lipinski definition) is 0. The van der Waals surface area contributed by atoms with E-state index < -0.39 is 0 Å². The molecule has 0 spiro atoms. The Hall–Kier alpha value is -1.25. The van der Waals surface area contributed by atoms with Crippen LogP contribution >= 0.6 is 0 Å². The van der Waals surface area contributed by atoms with E-state index in [4.69, 9.17) is 0 Å². The largest absolute Gasteiger partial charge is 0.207 e. The van der Waals surface area contributed by atoms with Crippen LogP contribution in [0.25, 0.3) is 0 Å². The highest BCUT2D eigenvalue weighted by atomic mass is 19.1. The number of benzene rings is 1. The van der Waals surface area contributed by atoms with Gasteiger partial charge in [0.25, 0.3) is 0 Å². The van der Waals surface area contributed by atoms with Crippen molar-refractivity contribution in [1.29, 1.82) is 0 Å². The molecule has 1 atom stereocenters. The van der Waals surface area contributed by atoms with E-state index in [9.17, 15) is 4.39 Å². The van der Waals surface area contributed by atoms with Crippen LogP contribution in [0.15, 0.2) is 28.4 Å². The molecule has 0 radical (unpaired) electrons. The lowest BCUT2D eigenvalue weighted by Gasteiger charge is -2.07. The van der Waals surface area contributed by atoms with Gasteiger partial charge >= 0.3 is 0 Å². The average molecular weight is 194 g/mol. The zero-order chi connectivity index (χ0) is 10.6. The summed E-state index contributed by atoms with van der Waals surface area (Å²) in [6, 6.07) is 5.00. The molecule has 14 heavy (non-hydrogen) atoms. The minimum Gasteiger partial charge on any atom is -0.207 e. The fourth-order valence-electron chi connectivity index (χ4n) is 1.44. The van der Waals surface area contributed by atoms with E-state index >= 15 is 0 Å². The summed E-state index contributed by atoms with van der Waals surface area (Å²) in [6.45, 7) is 3.91. The zero-order valence-corrected chi connectivity index (χ0v) is 8.79. The van der Waals surface area contributed by atoms with Crippen molar-refractivity contribution in [3.8, 4) is 0 Å². The van der Waals surface area contributed by atoms with E-state index in [1.54, 1.807) is 13.1 Å². The molecule has 0 fully saturated rings. The maximum absolute atomic E-state index is 12.8. The Kier molecular flexibility index (Phi) is 3.74. The van der Waals surface area contributed by atoms with Gasteiger partial charge in [0.1, 0.15) is 5.82 Å². The molecule has 0 amide bonds. The molecule has 76 valence electrons. The van der Waals surface area contributed by atoms with Crippen LogP contribution in [-0.4, -0.2) is 13.1 Å². The molecule has 0 saturated carbocycles. The van der Waals surface area contributed by atoms with Crippen molar-refractivity contribution < 1.29 is 4.39 Å². The number of aryl methyl sites for hydroxylation is 1. The zero-order valence-electron chi connectivity index (χ0n) is 8.79. The summed E-state index contributed by atoms with van der Waals surface area (Å²) in [7, 11) is 1.66. The Bertz CT molecular complexity index is 334. The number of nitrogens with zero attached hydrogens (tertiary/aromatic N) is 2. The van der Waals surface area contributed by atoms with Crippen molar-refractivity contribution in [2.24, 2.45) is 10.2 Å². The Labute approximate surface area is 83.9 Å². The summed E-state index contributed by atoms with van der Waals surface area (Å²) in [4.78, 5) is 0. The number of azo groups is 1. The first-order valence-corrected chi connectivity index (χ1v) is 4.67. The van der Waals surface area contributed by atoms with Gasteiger partial charge in [-0.3, -0.25) is 0 Å². The Morgan fingerprint density at radius 3 is 2.71 bits per heavy atom. The van der Waals surface area contributed by atoms with E-state index in [-0.39, 0.29) is 11.9 Å². The standard InChI is InChI=1S/C11H15FN2/c1-8-6-11(12)5-4-10(8)7-9(2)14-13-3/h4-6,9H,7H2,1-3H3. The topological polar surface area (TPSA) is 24.7 Å². The van der Waals surface area contributed by atoms with Crippen LogP contribution in [0.4, 0.5) is 4.39 Å². The van der Waals surface area contributed by atoms with E-state index in [1.165, 1.54) is 6.07 Å². The van der Waals surface area contributed by atoms with Gasteiger partial charge < -0.3 is 0 Å². The molecule has 0 aliphatic heterocycles. The number of hydrogen-bond acceptors (Lipinski definition) is 2. The van der Waals surface area contributed by atoms with Crippen LogP contribution in [-0.2, 0) is 6.42 Å². The lowest BCUT2D eigenvalue weighted by molar-refractivity contribution is 0.623. The summed E-state index contributed by atoms with van der Waals surface area (Å²) in [5.41, 5.74) is 2.11. The Morgan fingerprint density at radius 2 is 2.14 bits per heavy atom. The molecule has 0 N–H and O–H groups in total. The molecule has 0 heterocycles. The summed E-state index contributed by atoms with van der Waals surface area (Å²) in [5.74, 6) is -0.184. The molecule has 1 rings (SSSR count). The predicted molar refractivity (Wildman–Crippen MR) is 55.1 cm³/mol. The van der Waals surface area contributed by atoms with E-state index in [1.807, 2.05) is 19.9 Å². The van der Waals surface area contributed by atoms with Crippen molar-refractivity contribution in [1.82, 2.24) is 0 Å². The van der Waals surface area contributed by atoms with Gasteiger partial charge in [0.05, 0.1) is 6.04 Å². The van der Waals surface area contributed by atoms with Crippen LogP contribution in [0.1, 0.15) is 18.1 Å². The van der Waals surface area contributed by atoms with Crippen LogP contribution in [0.2, 0.25) is 0 Å². The third-order valence-electron chi connectivity index (χ3n) is 2.13. The third-order valence-corrected chi connectivity index (χ3v) is 2.13. The summed E-state index contributed by atoms with van der Waals surface area (Å²) in [5, 5.41) is 7.74. The molecule has 0 aliphatic carbocycles. The second kappa shape index (κ2) is 4.84. The van der Waals surface area contributed by atoms with Crippen LogP contribution in [0.3, 0.4) is 0 Å². The van der Waals surface area contributed by atoms with Gasteiger partial charge in [-0.2, -0.15) is 10.2 Å². The molecule has 1 aromatic carbocycles. The third kappa shape index (κ3) is 2.91. The molecule has 0 saturated heterocycles. The maximum atomic E-state index is 12.8. The van der Waals surface area contributed by atoms with Crippen molar-refractivity contribution >= 4 is 0 Å². The average Bonchev–Trinajstić information content (AvgIpc) is 2.10. The first-order chi connectivity index (χ1) is 6.63. The fraction of sp³-hybridized carbons (Fsp3) is 0.455. The molecule has 0 bridgehead atoms. The molecule has 2 nitrogen and oxygen atoms in total. The van der Waals surface area contributed by atoms with E-state index in [2.05, 4.69) is 10.2 Å². The molecule has 1 unspecified atom stereocenters. The minimum absolute atomic E-state index is 0.157. The van der Waals surface area contributed by atoms with E-state index in [0.717, 1.165) is 17.5 Å². The highest BCUT2D eigenvalue weighted by molar-refractivity contribution is 5.27. The maximum Gasteiger partial charge on any atom is 0.123 e. The van der Waals surface area contributed by atoms with Crippen LogP contribution < -0.4 is 0 Å². The molecule has 1 aromatic rings.